The number of carbonyl (C=O) groups excluding carboxylic acids is 1. The first-order valence-electron chi connectivity index (χ1n) is 11.0. The summed E-state index contributed by atoms with van der Waals surface area (Å²) in [5.74, 6) is 0.706. The lowest BCUT2D eigenvalue weighted by atomic mass is 10.1. The van der Waals surface area contributed by atoms with Crippen molar-refractivity contribution in [2.24, 2.45) is 0 Å². The number of rotatable bonds is 8. The van der Waals surface area contributed by atoms with Crippen LogP contribution in [0.15, 0.2) is 75.9 Å². The van der Waals surface area contributed by atoms with Crippen molar-refractivity contribution in [3.63, 3.8) is 0 Å². The molecule has 8 heteroatoms. The second-order valence-corrected chi connectivity index (χ2v) is 8.10. The molecule has 1 heterocycles. The molecule has 0 aliphatic carbocycles. The topological polar surface area (TPSA) is 87.0 Å². The highest BCUT2D eigenvalue weighted by Gasteiger charge is 2.25. The molecule has 1 amide bonds. The van der Waals surface area contributed by atoms with Crippen LogP contribution in [0, 0.1) is 0 Å². The van der Waals surface area contributed by atoms with Crippen LogP contribution in [0.25, 0.3) is 22.3 Å². The van der Waals surface area contributed by atoms with E-state index in [1.807, 2.05) is 0 Å². The van der Waals surface area contributed by atoms with Crippen molar-refractivity contribution in [1.29, 1.82) is 0 Å². The number of fused-ring (bicyclic) bond motifs is 1. The lowest BCUT2D eigenvalue weighted by Crippen LogP contribution is -2.34. The van der Waals surface area contributed by atoms with Crippen molar-refractivity contribution in [2.75, 3.05) is 19.5 Å². The number of amides is 1. The molecule has 3 aromatic carbocycles. The fourth-order valence-corrected chi connectivity index (χ4v) is 3.75. The van der Waals surface area contributed by atoms with E-state index in [0.717, 1.165) is 0 Å². The van der Waals surface area contributed by atoms with Gasteiger partial charge in [0.15, 0.2) is 23.4 Å². The molecule has 0 spiro atoms. The normalized spacial score (nSPS) is 11.7. The van der Waals surface area contributed by atoms with Crippen molar-refractivity contribution >= 4 is 34.2 Å². The molecule has 4 aromatic rings. The molecule has 1 aromatic heterocycles. The number of nitrogens with one attached hydrogen (secondary N) is 1. The highest BCUT2D eigenvalue weighted by Crippen LogP contribution is 2.37. The van der Waals surface area contributed by atoms with Gasteiger partial charge in [-0.25, -0.2) is 0 Å². The molecule has 0 saturated carbocycles. The van der Waals surface area contributed by atoms with Crippen LogP contribution in [-0.2, 0) is 4.79 Å². The smallest absolute Gasteiger partial charge is 0.265 e. The molecular formula is C27H24ClNO6. The zero-order valence-electron chi connectivity index (χ0n) is 19.5. The molecule has 0 aliphatic heterocycles. The van der Waals surface area contributed by atoms with Crippen LogP contribution in [0.3, 0.4) is 0 Å². The largest absolute Gasteiger partial charge is 0.493 e. The van der Waals surface area contributed by atoms with Crippen molar-refractivity contribution in [2.45, 2.75) is 19.4 Å². The first-order valence-corrected chi connectivity index (χ1v) is 11.3. The molecule has 4 rings (SSSR count). The molecule has 0 aliphatic rings. The SMILES string of the molecule is CCC(Oc1c(-c2ccc(OC)c(OC)c2)oc2ccccc2c1=O)C(=O)Nc1ccc(Cl)cc1. The summed E-state index contributed by atoms with van der Waals surface area (Å²) in [5, 5.41) is 3.70. The summed E-state index contributed by atoms with van der Waals surface area (Å²) in [4.78, 5) is 26.5. The molecule has 35 heavy (non-hydrogen) atoms. The number of para-hydroxylation sites is 1. The molecule has 7 nitrogen and oxygen atoms in total. The zero-order chi connectivity index (χ0) is 24.9. The van der Waals surface area contributed by atoms with Gasteiger partial charge in [0.05, 0.1) is 19.6 Å². The number of hydrogen-bond donors (Lipinski definition) is 1. The fourth-order valence-electron chi connectivity index (χ4n) is 3.62. The molecule has 1 unspecified atom stereocenters. The molecular weight excluding hydrogens is 470 g/mol. The van der Waals surface area contributed by atoms with Gasteiger partial charge in [0.2, 0.25) is 11.2 Å². The maximum atomic E-state index is 13.5. The number of benzene rings is 3. The number of anilines is 1. The predicted octanol–water partition coefficient (Wildman–Crippen LogP) is 5.93. The summed E-state index contributed by atoms with van der Waals surface area (Å²) in [5.41, 5.74) is 1.11. The van der Waals surface area contributed by atoms with E-state index < -0.39 is 12.0 Å². The summed E-state index contributed by atoms with van der Waals surface area (Å²) in [6.07, 6.45) is -0.634. The Kier molecular flexibility index (Phi) is 7.27. The van der Waals surface area contributed by atoms with Crippen molar-refractivity contribution in [1.82, 2.24) is 0 Å². The number of methoxy groups -OCH3 is 2. The molecule has 180 valence electrons. The van der Waals surface area contributed by atoms with E-state index in [-0.39, 0.29) is 16.9 Å². The summed E-state index contributed by atoms with van der Waals surface area (Å²) in [6.45, 7) is 1.80. The Bertz CT molecular complexity index is 1410. The van der Waals surface area contributed by atoms with E-state index in [0.29, 0.717) is 45.2 Å². The van der Waals surface area contributed by atoms with Crippen LogP contribution in [0.4, 0.5) is 5.69 Å². The maximum absolute atomic E-state index is 13.5. The van der Waals surface area contributed by atoms with Gasteiger partial charge in [-0.1, -0.05) is 30.7 Å². The van der Waals surface area contributed by atoms with Gasteiger partial charge in [0.25, 0.3) is 5.91 Å². The van der Waals surface area contributed by atoms with E-state index in [4.69, 9.17) is 30.2 Å². The average molecular weight is 494 g/mol. The third-order valence-corrected chi connectivity index (χ3v) is 5.69. The van der Waals surface area contributed by atoms with Gasteiger partial charge in [-0.2, -0.15) is 0 Å². The lowest BCUT2D eigenvalue weighted by molar-refractivity contribution is -0.122. The summed E-state index contributed by atoms with van der Waals surface area (Å²) >= 11 is 5.93. The summed E-state index contributed by atoms with van der Waals surface area (Å²) in [6, 6.07) is 18.7. The Morgan fingerprint density at radius 2 is 1.71 bits per heavy atom. The van der Waals surface area contributed by atoms with Crippen LogP contribution in [0.2, 0.25) is 5.02 Å². The number of halogens is 1. The molecule has 0 saturated heterocycles. The highest BCUT2D eigenvalue weighted by molar-refractivity contribution is 6.30. The zero-order valence-corrected chi connectivity index (χ0v) is 20.2. The third kappa shape index (κ3) is 5.10. The molecule has 1 atom stereocenters. The lowest BCUT2D eigenvalue weighted by Gasteiger charge is -2.19. The fraction of sp³-hybridized carbons (Fsp3) is 0.185. The minimum absolute atomic E-state index is 0.0611. The monoisotopic (exact) mass is 493 g/mol. The predicted molar refractivity (Wildman–Crippen MR) is 136 cm³/mol. The van der Waals surface area contributed by atoms with Gasteiger partial charge in [-0.15, -0.1) is 0 Å². The van der Waals surface area contributed by atoms with Gasteiger partial charge < -0.3 is 23.9 Å². The number of hydrogen-bond acceptors (Lipinski definition) is 6. The third-order valence-electron chi connectivity index (χ3n) is 5.44. The summed E-state index contributed by atoms with van der Waals surface area (Å²) < 4.78 is 22.9. The summed E-state index contributed by atoms with van der Waals surface area (Å²) in [7, 11) is 3.05. The van der Waals surface area contributed by atoms with Gasteiger partial charge in [0, 0.05) is 16.3 Å². The second kappa shape index (κ2) is 10.5. The van der Waals surface area contributed by atoms with E-state index in [2.05, 4.69) is 5.32 Å². The maximum Gasteiger partial charge on any atom is 0.265 e. The standard InChI is InChI=1S/C27H24ClNO6/c1-4-20(27(31)29-18-12-10-17(28)11-13-18)34-26-24(30)19-7-5-6-8-21(19)35-25(26)16-9-14-22(32-2)23(15-16)33-3/h5-15,20H,4H2,1-3H3,(H,29,31). The van der Waals surface area contributed by atoms with E-state index in [9.17, 15) is 9.59 Å². The Morgan fingerprint density at radius 1 is 1.00 bits per heavy atom. The van der Waals surface area contributed by atoms with E-state index in [1.165, 1.54) is 14.2 Å². The van der Waals surface area contributed by atoms with Gasteiger partial charge in [0.1, 0.15) is 5.58 Å². The number of carbonyl (C=O) groups is 1. The molecule has 1 N–H and O–H groups in total. The van der Waals surface area contributed by atoms with Gasteiger partial charge >= 0.3 is 0 Å². The second-order valence-electron chi connectivity index (χ2n) is 7.67. The Labute approximate surface area is 207 Å². The van der Waals surface area contributed by atoms with Crippen LogP contribution in [-0.4, -0.2) is 26.2 Å². The first-order chi connectivity index (χ1) is 16.9. The quantitative estimate of drug-likeness (QED) is 0.327. The van der Waals surface area contributed by atoms with Crippen molar-refractivity contribution in [3.8, 4) is 28.6 Å². The Morgan fingerprint density at radius 3 is 2.40 bits per heavy atom. The Balaban J connectivity index is 1.78. The van der Waals surface area contributed by atoms with Gasteiger partial charge in [-0.05, 0) is 61.0 Å². The average Bonchev–Trinajstić information content (AvgIpc) is 2.89. The van der Waals surface area contributed by atoms with E-state index in [1.54, 1.807) is 73.7 Å². The molecule has 0 bridgehead atoms. The number of ether oxygens (including phenoxy) is 3. The van der Waals surface area contributed by atoms with Crippen molar-refractivity contribution < 1.29 is 23.4 Å². The van der Waals surface area contributed by atoms with Crippen LogP contribution in [0.1, 0.15) is 13.3 Å². The molecule has 0 fully saturated rings. The molecule has 0 radical (unpaired) electrons. The van der Waals surface area contributed by atoms with Crippen molar-refractivity contribution in [3.05, 3.63) is 82.0 Å². The van der Waals surface area contributed by atoms with E-state index >= 15 is 0 Å². The highest BCUT2D eigenvalue weighted by atomic mass is 35.5. The Hall–Kier alpha value is -3.97. The first kappa shape index (κ1) is 24.2. The van der Waals surface area contributed by atoms with Gasteiger partial charge in [-0.3, -0.25) is 9.59 Å². The van der Waals surface area contributed by atoms with Crippen LogP contribution in [0.5, 0.6) is 17.2 Å². The van der Waals surface area contributed by atoms with Crippen LogP contribution >= 0.6 is 11.6 Å². The minimum atomic E-state index is -0.950. The van der Waals surface area contributed by atoms with Crippen LogP contribution < -0.4 is 25.0 Å². The minimum Gasteiger partial charge on any atom is -0.493 e.